The molecule has 3 nitrogen and oxygen atoms in total. The van der Waals surface area contributed by atoms with Crippen LogP contribution in [-0.4, -0.2) is 24.3 Å². The number of carbonyl (C=O) groups is 1. The second-order valence-corrected chi connectivity index (χ2v) is 5.73. The molecule has 0 radical (unpaired) electrons. The Morgan fingerprint density at radius 2 is 1.67 bits per heavy atom. The molecule has 124 valence electrons. The van der Waals surface area contributed by atoms with Gasteiger partial charge in [0.15, 0.2) is 0 Å². The van der Waals surface area contributed by atoms with Crippen molar-refractivity contribution < 1.29 is 14.6 Å². The first-order chi connectivity index (χ1) is 10.3. The molecule has 0 bridgehead atoms. The van der Waals surface area contributed by atoms with Gasteiger partial charge in [-0.15, -0.1) is 0 Å². The highest BCUT2D eigenvalue weighted by Gasteiger charge is 2.00. The third-order valence-corrected chi connectivity index (χ3v) is 3.67. The lowest BCUT2D eigenvalue weighted by molar-refractivity contribution is -0.128. The molecule has 3 heteroatoms. The lowest BCUT2D eigenvalue weighted by Crippen LogP contribution is -2.04. The molecular formula is C18H34O3. The Hall–Kier alpha value is -0.830. The van der Waals surface area contributed by atoms with E-state index in [9.17, 15) is 9.90 Å². The second kappa shape index (κ2) is 17.2. The van der Waals surface area contributed by atoms with Crippen LogP contribution in [0.5, 0.6) is 0 Å². The number of ether oxygens (including phenoxy) is 1. The summed E-state index contributed by atoms with van der Waals surface area (Å²) in [6.45, 7) is 3.28. The van der Waals surface area contributed by atoms with Crippen molar-refractivity contribution in [3.63, 3.8) is 0 Å². The van der Waals surface area contributed by atoms with Crippen LogP contribution in [0.2, 0.25) is 0 Å². The molecule has 0 fully saturated rings. The smallest absolute Gasteiger partial charge is 0.293 e. The van der Waals surface area contributed by atoms with Crippen molar-refractivity contribution >= 4 is 6.47 Å². The summed E-state index contributed by atoms with van der Waals surface area (Å²) >= 11 is 0. The molecule has 1 atom stereocenters. The topological polar surface area (TPSA) is 46.5 Å². The quantitative estimate of drug-likeness (QED) is 0.253. The number of hydrogen-bond acceptors (Lipinski definition) is 3. The van der Waals surface area contributed by atoms with Crippen molar-refractivity contribution in [2.24, 2.45) is 0 Å². The number of allylic oxidation sites excluding steroid dienone is 1. The van der Waals surface area contributed by atoms with Crippen LogP contribution in [-0.2, 0) is 9.53 Å². The molecule has 21 heavy (non-hydrogen) atoms. The highest BCUT2D eigenvalue weighted by Crippen LogP contribution is 2.10. The highest BCUT2D eigenvalue weighted by atomic mass is 16.5. The van der Waals surface area contributed by atoms with Crippen molar-refractivity contribution in [1.82, 2.24) is 0 Å². The van der Waals surface area contributed by atoms with E-state index in [4.69, 9.17) is 0 Å². The number of rotatable bonds is 16. The maximum absolute atomic E-state index is 9.93. The van der Waals surface area contributed by atoms with Crippen molar-refractivity contribution in [3.8, 4) is 0 Å². The van der Waals surface area contributed by atoms with Gasteiger partial charge < -0.3 is 9.84 Å². The molecule has 0 spiro atoms. The average Bonchev–Trinajstić information content (AvgIpc) is 2.49. The summed E-state index contributed by atoms with van der Waals surface area (Å²) in [5.74, 6) is 0. The van der Waals surface area contributed by atoms with E-state index in [0.29, 0.717) is 13.1 Å². The monoisotopic (exact) mass is 298 g/mol. The Balaban J connectivity index is 3.22. The van der Waals surface area contributed by atoms with E-state index in [1.807, 2.05) is 0 Å². The number of aliphatic hydroxyl groups excluding tert-OH is 1. The van der Waals surface area contributed by atoms with Crippen LogP contribution in [0.1, 0.15) is 84.0 Å². The first-order valence-electron chi connectivity index (χ1n) is 8.69. The normalized spacial score (nSPS) is 12.7. The standard InChI is InChI=1S/C18H34O3/c1-2-3-4-11-14-18(20)15-12-9-7-5-6-8-10-13-16-21-17-19/h9,12,17-18,20H,2-8,10-11,13-16H2,1H3/b12-9+. The zero-order valence-electron chi connectivity index (χ0n) is 13.8. The van der Waals surface area contributed by atoms with Crippen LogP contribution in [0, 0.1) is 0 Å². The fourth-order valence-corrected chi connectivity index (χ4v) is 2.32. The van der Waals surface area contributed by atoms with Crippen LogP contribution >= 0.6 is 0 Å². The Bertz CT molecular complexity index is 239. The Kier molecular flexibility index (Phi) is 16.5. The van der Waals surface area contributed by atoms with Crippen molar-refractivity contribution in [2.75, 3.05) is 6.61 Å². The average molecular weight is 298 g/mol. The van der Waals surface area contributed by atoms with Crippen molar-refractivity contribution in [3.05, 3.63) is 12.2 Å². The third kappa shape index (κ3) is 17.1. The molecule has 1 unspecified atom stereocenters. The predicted molar refractivity (Wildman–Crippen MR) is 88.2 cm³/mol. The molecule has 0 aromatic carbocycles. The third-order valence-electron chi connectivity index (χ3n) is 3.67. The predicted octanol–water partition coefficient (Wildman–Crippen LogP) is 4.78. The largest absolute Gasteiger partial charge is 0.468 e. The first kappa shape index (κ1) is 20.2. The zero-order valence-corrected chi connectivity index (χ0v) is 13.8. The summed E-state index contributed by atoms with van der Waals surface area (Å²) in [5, 5.41) is 9.80. The highest BCUT2D eigenvalue weighted by molar-refractivity contribution is 5.36. The van der Waals surface area contributed by atoms with E-state index in [2.05, 4.69) is 23.8 Å². The SMILES string of the molecule is CCCCCCC(O)C/C=C/CCCCCCCOC=O. The van der Waals surface area contributed by atoms with E-state index < -0.39 is 0 Å². The van der Waals surface area contributed by atoms with Crippen LogP contribution in [0.3, 0.4) is 0 Å². The molecule has 0 aliphatic heterocycles. The fraction of sp³-hybridized carbons (Fsp3) is 0.833. The van der Waals surface area contributed by atoms with E-state index in [1.165, 1.54) is 38.5 Å². The summed E-state index contributed by atoms with van der Waals surface area (Å²) in [6.07, 6.45) is 17.7. The number of hydrogen-bond donors (Lipinski definition) is 1. The van der Waals surface area contributed by atoms with Gasteiger partial charge in [-0.1, -0.05) is 64.0 Å². The summed E-state index contributed by atoms with van der Waals surface area (Å²) < 4.78 is 4.64. The Morgan fingerprint density at radius 3 is 2.43 bits per heavy atom. The van der Waals surface area contributed by atoms with Gasteiger partial charge in [-0.05, 0) is 32.1 Å². The molecule has 0 aliphatic rings. The zero-order chi connectivity index (χ0) is 15.6. The minimum absolute atomic E-state index is 0.157. The summed E-state index contributed by atoms with van der Waals surface area (Å²) in [4.78, 5) is 9.93. The summed E-state index contributed by atoms with van der Waals surface area (Å²) in [5.41, 5.74) is 0. The van der Waals surface area contributed by atoms with Crippen LogP contribution in [0.25, 0.3) is 0 Å². The minimum atomic E-state index is -0.157. The Labute approximate surface area is 130 Å². The van der Waals surface area contributed by atoms with E-state index in [0.717, 1.165) is 38.5 Å². The van der Waals surface area contributed by atoms with Crippen LogP contribution in [0.15, 0.2) is 12.2 Å². The molecule has 0 rings (SSSR count). The number of aliphatic hydroxyl groups is 1. The molecule has 0 aliphatic carbocycles. The van der Waals surface area contributed by atoms with Gasteiger partial charge in [-0.25, -0.2) is 0 Å². The maximum Gasteiger partial charge on any atom is 0.293 e. The summed E-state index contributed by atoms with van der Waals surface area (Å²) in [7, 11) is 0. The molecule has 1 N–H and O–H groups in total. The first-order valence-corrected chi connectivity index (χ1v) is 8.69. The van der Waals surface area contributed by atoms with E-state index >= 15 is 0 Å². The lowest BCUT2D eigenvalue weighted by atomic mass is 10.1. The molecule has 0 saturated carbocycles. The van der Waals surface area contributed by atoms with Crippen molar-refractivity contribution in [2.45, 2.75) is 90.1 Å². The van der Waals surface area contributed by atoms with Gasteiger partial charge in [0, 0.05) is 0 Å². The van der Waals surface area contributed by atoms with Gasteiger partial charge >= 0.3 is 0 Å². The van der Waals surface area contributed by atoms with Gasteiger partial charge in [0.1, 0.15) is 0 Å². The number of unbranched alkanes of at least 4 members (excludes halogenated alkanes) is 8. The maximum atomic E-state index is 9.93. The van der Waals surface area contributed by atoms with Crippen LogP contribution < -0.4 is 0 Å². The van der Waals surface area contributed by atoms with Gasteiger partial charge in [0.25, 0.3) is 6.47 Å². The van der Waals surface area contributed by atoms with Gasteiger partial charge in [-0.3, -0.25) is 4.79 Å². The van der Waals surface area contributed by atoms with Gasteiger partial charge in [-0.2, -0.15) is 0 Å². The Morgan fingerprint density at radius 1 is 0.952 bits per heavy atom. The van der Waals surface area contributed by atoms with E-state index in [1.54, 1.807) is 0 Å². The minimum Gasteiger partial charge on any atom is -0.468 e. The van der Waals surface area contributed by atoms with Gasteiger partial charge in [0.2, 0.25) is 0 Å². The molecular weight excluding hydrogens is 264 g/mol. The van der Waals surface area contributed by atoms with Crippen molar-refractivity contribution in [1.29, 1.82) is 0 Å². The molecule has 0 aromatic heterocycles. The van der Waals surface area contributed by atoms with Gasteiger partial charge in [0.05, 0.1) is 12.7 Å². The second-order valence-electron chi connectivity index (χ2n) is 5.73. The van der Waals surface area contributed by atoms with E-state index in [-0.39, 0.29) is 6.10 Å². The van der Waals surface area contributed by atoms with Crippen LogP contribution in [0.4, 0.5) is 0 Å². The molecule has 0 aromatic rings. The molecule has 0 amide bonds. The summed E-state index contributed by atoms with van der Waals surface area (Å²) in [6, 6.07) is 0. The fourth-order valence-electron chi connectivity index (χ4n) is 2.32. The molecule has 0 heterocycles. The number of carbonyl (C=O) groups excluding carboxylic acids is 1. The lowest BCUT2D eigenvalue weighted by Gasteiger charge is -2.07. The molecule has 0 saturated heterocycles.